The molecule has 206 valence electrons. The van der Waals surface area contributed by atoms with Crippen LogP contribution in [-0.2, 0) is 0 Å². The minimum absolute atomic E-state index is 0.783. The molecule has 0 atom stereocenters. The Hall–Kier alpha value is -6.18. The van der Waals surface area contributed by atoms with E-state index < -0.39 is 0 Å². The van der Waals surface area contributed by atoms with Gasteiger partial charge in [-0.2, -0.15) is 0 Å². The van der Waals surface area contributed by atoms with Crippen molar-refractivity contribution >= 4 is 46.4 Å². The first kappa shape index (κ1) is 25.5. The molecule has 0 spiro atoms. The quantitative estimate of drug-likeness (QED) is 0.206. The van der Waals surface area contributed by atoms with Crippen LogP contribution in [0.15, 0.2) is 121 Å². The first-order chi connectivity index (χ1) is 21.8. The van der Waals surface area contributed by atoms with Crippen molar-refractivity contribution < 1.29 is 0 Å². The fourth-order valence-corrected chi connectivity index (χ4v) is 5.74. The Bertz CT molecular complexity index is 2180. The van der Waals surface area contributed by atoms with Gasteiger partial charge in [0.1, 0.15) is 0 Å². The van der Waals surface area contributed by atoms with Crippen LogP contribution in [0.5, 0.6) is 0 Å². The molecule has 0 saturated carbocycles. The van der Waals surface area contributed by atoms with Gasteiger partial charge in [0.05, 0.1) is 28.3 Å². The molecule has 4 heteroatoms. The third-order valence-electron chi connectivity index (χ3n) is 7.80. The lowest BCUT2D eigenvalue weighted by Gasteiger charge is -2.04. The molecule has 44 heavy (non-hydrogen) atoms. The summed E-state index contributed by atoms with van der Waals surface area (Å²) in [5.41, 5.74) is 13.2. The van der Waals surface area contributed by atoms with Crippen LogP contribution in [0.4, 0.5) is 0 Å². The highest BCUT2D eigenvalue weighted by Crippen LogP contribution is 2.33. The lowest BCUT2D eigenvalue weighted by Crippen LogP contribution is -1.91. The molecule has 2 N–H and O–H groups in total. The molecule has 2 aliphatic rings. The Balaban J connectivity index is 1.50. The molecular formula is C40H26N4. The molecule has 8 bridgehead atoms. The zero-order valence-electron chi connectivity index (χ0n) is 23.8. The van der Waals surface area contributed by atoms with Gasteiger partial charge in [0.25, 0.3) is 0 Å². The van der Waals surface area contributed by atoms with Crippen molar-refractivity contribution in [3.05, 3.63) is 155 Å². The number of rotatable bonds is 2. The number of nitrogens with one attached hydrogen (secondary N) is 2. The lowest BCUT2D eigenvalue weighted by molar-refractivity contribution is 1.26. The van der Waals surface area contributed by atoms with Gasteiger partial charge in [-0.25, -0.2) is 9.97 Å². The smallest absolute Gasteiger partial charge is 0.0816 e. The van der Waals surface area contributed by atoms with Crippen molar-refractivity contribution in [3.8, 4) is 34.1 Å². The Kier molecular flexibility index (Phi) is 6.33. The van der Waals surface area contributed by atoms with Crippen LogP contribution < -0.4 is 0 Å². The molecule has 0 amide bonds. The van der Waals surface area contributed by atoms with Crippen molar-refractivity contribution in [2.75, 3.05) is 0 Å². The summed E-state index contributed by atoms with van der Waals surface area (Å²) < 4.78 is 0. The minimum atomic E-state index is 0.783. The van der Waals surface area contributed by atoms with Gasteiger partial charge >= 0.3 is 0 Å². The summed E-state index contributed by atoms with van der Waals surface area (Å²) in [6, 6.07) is 41.4. The molecule has 3 aromatic carbocycles. The van der Waals surface area contributed by atoms with Crippen molar-refractivity contribution in [2.24, 2.45) is 0 Å². The fourth-order valence-electron chi connectivity index (χ4n) is 5.74. The van der Waals surface area contributed by atoms with E-state index in [1.54, 1.807) is 0 Å². The number of H-pyrrole nitrogens is 2. The van der Waals surface area contributed by atoms with Gasteiger partial charge in [-0.3, -0.25) is 0 Å². The summed E-state index contributed by atoms with van der Waals surface area (Å²) in [6.45, 7) is 0. The number of hydrogen-bond acceptors (Lipinski definition) is 2. The largest absolute Gasteiger partial charge is 0.355 e. The third kappa shape index (κ3) is 4.83. The molecular weight excluding hydrogens is 536 g/mol. The highest BCUT2D eigenvalue weighted by molar-refractivity contribution is 5.94. The third-order valence-corrected chi connectivity index (χ3v) is 7.80. The number of fused-ring (bicyclic) bond motifs is 8. The fraction of sp³-hybridized carbons (Fsp3) is 0. The molecule has 8 rings (SSSR count). The van der Waals surface area contributed by atoms with E-state index >= 15 is 0 Å². The number of aromatic amines is 2. The molecule has 0 aliphatic carbocycles. The van der Waals surface area contributed by atoms with Crippen LogP contribution >= 0.6 is 0 Å². The van der Waals surface area contributed by atoms with Gasteiger partial charge in [-0.15, -0.1) is 0 Å². The van der Waals surface area contributed by atoms with Crippen LogP contribution in [-0.4, -0.2) is 19.9 Å². The average molecular weight is 563 g/mol. The van der Waals surface area contributed by atoms with Gasteiger partial charge in [0, 0.05) is 38.8 Å². The molecule has 0 fully saturated rings. The maximum Gasteiger partial charge on any atom is 0.0816 e. The summed E-state index contributed by atoms with van der Waals surface area (Å²) in [5.74, 6) is 6.80. The molecule has 4 nitrogen and oxygen atoms in total. The predicted octanol–water partition coefficient (Wildman–Crippen LogP) is 9.39. The van der Waals surface area contributed by atoms with Gasteiger partial charge in [-0.05, 0) is 77.9 Å². The van der Waals surface area contributed by atoms with E-state index in [0.717, 1.165) is 78.2 Å². The lowest BCUT2D eigenvalue weighted by atomic mass is 10.0. The summed E-state index contributed by atoms with van der Waals surface area (Å²) in [5, 5.41) is 0. The van der Waals surface area contributed by atoms with Crippen molar-refractivity contribution in [2.45, 2.75) is 0 Å². The summed E-state index contributed by atoms with van der Waals surface area (Å²) in [6.07, 6.45) is 8.25. The Morgan fingerprint density at radius 3 is 1.39 bits per heavy atom. The van der Waals surface area contributed by atoms with Crippen molar-refractivity contribution in [3.63, 3.8) is 0 Å². The molecule has 6 aromatic rings. The highest BCUT2D eigenvalue weighted by atomic mass is 14.8. The highest BCUT2D eigenvalue weighted by Gasteiger charge is 2.16. The number of aromatic nitrogens is 4. The standard InChI is InChI=1S/C40H26N4/c1-4-10-27(11-5-1)16-19-32-33-22-24-37(43-33)39(28-12-6-2-7-13-28)35-20-17-30(41-35)26-31-18-21-36(42-31)40(29-14-8-3-9-15-29)38-25-23-34(32)44-38/h1-15,17-18,20-26,41-42H. The van der Waals surface area contributed by atoms with E-state index in [-0.39, 0.29) is 0 Å². The van der Waals surface area contributed by atoms with E-state index in [0.29, 0.717) is 0 Å². The molecule has 3 aromatic heterocycles. The maximum absolute atomic E-state index is 5.19. The van der Waals surface area contributed by atoms with Crippen molar-refractivity contribution in [1.29, 1.82) is 0 Å². The summed E-state index contributed by atoms with van der Waals surface area (Å²) in [4.78, 5) is 17.6. The number of hydrogen-bond donors (Lipinski definition) is 2. The first-order valence-electron chi connectivity index (χ1n) is 14.6. The van der Waals surface area contributed by atoms with Crippen LogP contribution in [0.3, 0.4) is 0 Å². The number of nitrogens with zero attached hydrogens (tertiary/aromatic N) is 2. The Morgan fingerprint density at radius 1 is 0.432 bits per heavy atom. The SMILES string of the molecule is C(#Cc1c2nc(c(-c3ccccc3)c3ccc(cc4ccc([nH]4)c(-c4ccccc4)c4nc1C=C4)[nH]3)C=C2)c1ccccc1. The number of benzene rings is 3. The molecule has 5 heterocycles. The zero-order chi connectivity index (χ0) is 29.3. The first-order valence-corrected chi connectivity index (χ1v) is 14.6. The Morgan fingerprint density at radius 2 is 0.886 bits per heavy atom. The van der Waals surface area contributed by atoms with Crippen LogP contribution in [0.25, 0.3) is 68.6 Å². The zero-order valence-corrected chi connectivity index (χ0v) is 23.8. The molecule has 2 aliphatic heterocycles. The molecule has 0 unspecified atom stereocenters. The van der Waals surface area contributed by atoms with E-state index in [1.165, 1.54) is 0 Å². The summed E-state index contributed by atoms with van der Waals surface area (Å²) >= 11 is 0. The Labute approximate surface area is 255 Å². The second-order valence-electron chi connectivity index (χ2n) is 10.7. The normalized spacial score (nSPS) is 11.7. The van der Waals surface area contributed by atoms with Gasteiger partial charge in [0.15, 0.2) is 0 Å². The van der Waals surface area contributed by atoms with Crippen LogP contribution in [0.2, 0.25) is 0 Å². The van der Waals surface area contributed by atoms with Crippen LogP contribution in [0.1, 0.15) is 33.9 Å². The summed E-state index contributed by atoms with van der Waals surface area (Å²) in [7, 11) is 0. The van der Waals surface area contributed by atoms with E-state index in [2.05, 4.69) is 113 Å². The molecule has 0 radical (unpaired) electrons. The van der Waals surface area contributed by atoms with Crippen LogP contribution in [0, 0.1) is 11.8 Å². The van der Waals surface area contributed by atoms with Gasteiger partial charge in [-0.1, -0.05) is 90.7 Å². The predicted molar refractivity (Wildman–Crippen MR) is 182 cm³/mol. The minimum Gasteiger partial charge on any atom is -0.355 e. The molecule has 0 saturated heterocycles. The van der Waals surface area contributed by atoms with E-state index in [9.17, 15) is 0 Å². The van der Waals surface area contributed by atoms with E-state index in [4.69, 9.17) is 9.97 Å². The second kappa shape index (κ2) is 10.9. The second-order valence-corrected chi connectivity index (χ2v) is 10.7. The monoisotopic (exact) mass is 562 g/mol. The average Bonchev–Trinajstić information content (AvgIpc) is 3.90. The van der Waals surface area contributed by atoms with Crippen molar-refractivity contribution in [1.82, 2.24) is 19.9 Å². The maximum atomic E-state index is 5.19. The topological polar surface area (TPSA) is 57.4 Å². The van der Waals surface area contributed by atoms with E-state index in [1.807, 2.05) is 54.6 Å². The van der Waals surface area contributed by atoms with Gasteiger partial charge < -0.3 is 9.97 Å². The van der Waals surface area contributed by atoms with Gasteiger partial charge in [0.2, 0.25) is 0 Å².